The van der Waals surface area contributed by atoms with Gasteiger partial charge in [0, 0.05) is 29.5 Å². The van der Waals surface area contributed by atoms with Crippen LogP contribution >= 0.6 is 11.6 Å². The molecule has 1 aliphatic rings. The Kier molecular flexibility index (Phi) is 5.95. The molecule has 4 nitrogen and oxygen atoms in total. The molecule has 1 heterocycles. The summed E-state index contributed by atoms with van der Waals surface area (Å²) in [6.07, 6.45) is 2.46. The van der Waals surface area contributed by atoms with Crippen LogP contribution in [0.2, 0.25) is 5.02 Å². The molecule has 0 aliphatic carbocycles. The van der Waals surface area contributed by atoms with E-state index in [1.807, 2.05) is 12.1 Å². The van der Waals surface area contributed by atoms with Gasteiger partial charge in [0.15, 0.2) is 5.60 Å². The molecule has 1 aliphatic heterocycles. The summed E-state index contributed by atoms with van der Waals surface area (Å²) < 4.78 is 5.84. The van der Waals surface area contributed by atoms with E-state index in [-0.39, 0.29) is 5.91 Å². The van der Waals surface area contributed by atoms with Crippen molar-refractivity contribution in [1.82, 2.24) is 0 Å². The first-order chi connectivity index (χ1) is 12.8. The average molecular weight is 387 g/mol. The number of ether oxygens (including phenoxy) is 1. The maximum Gasteiger partial charge on any atom is 0.267 e. The monoisotopic (exact) mass is 386 g/mol. The third-order valence-electron chi connectivity index (χ3n) is 5.01. The van der Waals surface area contributed by atoms with E-state index >= 15 is 0 Å². The third kappa shape index (κ3) is 5.16. The summed E-state index contributed by atoms with van der Waals surface area (Å²) in [6, 6.07) is 15.0. The van der Waals surface area contributed by atoms with Crippen LogP contribution in [0.25, 0.3) is 0 Å². The Labute approximate surface area is 166 Å². The SMILES string of the molecule is CC1CCN(c2ccc(NC(=O)C(C)(C)Oc3ccc(Cl)cc3)cc2)CC1. The fourth-order valence-electron chi connectivity index (χ4n) is 3.15. The number of piperidine rings is 1. The molecule has 3 rings (SSSR count). The average Bonchev–Trinajstić information content (AvgIpc) is 2.65. The van der Waals surface area contributed by atoms with E-state index in [0.717, 1.165) is 24.7 Å². The minimum absolute atomic E-state index is 0.197. The molecule has 0 unspecified atom stereocenters. The summed E-state index contributed by atoms with van der Waals surface area (Å²) in [5, 5.41) is 3.57. The Morgan fingerprint density at radius 2 is 1.67 bits per heavy atom. The largest absolute Gasteiger partial charge is 0.478 e. The molecule has 0 bridgehead atoms. The van der Waals surface area contributed by atoms with Gasteiger partial charge in [0.25, 0.3) is 5.91 Å². The molecular weight excluding hydrogens is 360 g/mol. The van der Waals surface area contributed by atoms with Crippen molar-refractivity contribution >= 4 is 28.9 Å². The lowest BCUT2D eigenvalue weighted by Gasteiger charge is -2.32. The summed E-state index contributed by atoms with van der Waals surface area (Å²) in [6.45, 7) is 7.99. The molecule has 1 fully saturated rings. The van der Waals surface area contributed by atoms with Crippen molar-refractivity contribution in [2.24, 2.45) is 5.92 Å². The highest BCUT2D eigenvalue weighted by Gasteiger charge is 2.30. The molecule has 1 amide bonds. The van der Waals surface area contributed by atoms with Crippen LogP contribution in [0, 0.1) is 5.92 Å². The van der Waals surface area contributed by atoms with Gasteiger partial charge in [-0.2, -0.15) is 0 Å². The number of nitrogens with zero attached hydrogens (tertiary/aromatic N) is 1. The Morgan fingerprint density at radius 1 is 1.07 bits per heavy atom. The van der Waals surface area contributed by atoms with Crippen molar-refractivity contribution in [3.05, 3.63) is 53.6 Å². The molecule has 0 atom stereocenters. The summed E-state index contributed by atoms with van der Waals surface area (Å²) in [5.74, 6) is 1.22. The lowest BCUT2D eigenvalue weighted by Crippen LogP contribution is -2.42. The van der Waals surface area contributed by atoms with Gasteiger partial charge in [0.1, 0.15) is 5.75 Å². The molecule has 0 spiro atoms. The van der Waals surface area contributed by atoms with Gasteiger partial charge in [-0.15, -0.1) is 0 Å². The minimum atomic E-state index is -1.00. The topological polar surface area (TPSA) is 41.6 Å². The van der Waals surface area contributed by atoms with Crippen molar-refractivity contribution in [3.63, 3.8) is 0 Å². The van der Waals surface area contributed by atoms with Gasteiger partial charge in [-0.25, -0.2) is 0 Å². The zero-order chi connectivity index (χ0) is 19.4. The fraction of sp³-hybridized carbons (Fsp3) is 0.409. The molecule has 144 valence electrons. The van der Waals surface area contributed by atoms with Crippen molar-refractivity contribution in [1.29, 1.82) is 0 Å². The van der Waals surface area contributed by atoms with E-state index < -0.39 is 5.60 Å². The van der Waals surface area contributed by atoms with Crippen LogP contribution in [0.4, 0.5) is 11.4 Å². The van der Waals surface area contributed by atoms with Crippen molar-refractivity contribution in [3.8, 4) is 5.75 Å². The molecular formula is C22H27ClN2O2. The van der Waals surface area contributed by atoms with Crippen molar-refractivity contribution in [2.45, 2.75) is 39.2 Å². The smallest absolute Gasteiger partial charge is 0.267 e. The van der Waals surface area contributed by atoms with Crippen LogP contribution in [0.1, 0.15) is 33.6 Å². The zero-order valence-corrected chi connectivity index (χ0v) is 16.9. The molecule has 0 saturated carbocycles. The molecule has 0 aromatic heterocycles. The summed E-state index contributed by atoms with van der Waals surface area (Å²) in [4.78, 5) is 15.1. The van der Waals surface area contributed by atoms with Crippen LogP contribution < -0.4 is 15.0 Å². The summed E-state index contributed by atoms with van der Waals surface area (Å²) in [5.41, 5.74) is 0.966. The first kappa shape index (κ1) is 19.6. The van der Waals surface area contributed by atoms with E-state index in [1.54, 1.807) is 38.1 Å². The maximum atomic E-state index is 12.7. The number of rotatable bonds is 5. The summed E-state index contributed by atoms with van der Waals surface area (Å²) >= 11 is 5.89. The van der Waals surface area contributed by atoms with Gasteiger partial charge in [0.05, 0.1) is 0 Å². The third-order valence-corrected chi connectivity index (χ3v) is 5.26. The number of nitrogens with one attached hydrogen (secondary N) is 1. The Morgan fingerprint density at radius 3 is 2.26 bits per heavy atom. The zero-order valence-electron chi connectivity index (χ0n) is 16.2. The summed E-state index contributed by atoms with van der Waals surface area (Å²) in [7, 11) is 0. The second kappa shape index (κ2) is 8.22. The first-order valence-electron chi connectivity index (χ1n) is 9.44. The van der Waals surface area contributed by atoms with E-state index in [9.17, 15) is 4.79 Å². The predicted molar refractivity (Wildman–Crippen MR) is 112 cm³/mol. The number of hydrogen-bond acceptors (Lipinski definition) is 3. The van der Waals surface area contributed by atoms with Crippen LogP contribution in [0.3, 0.4) is 0 Å². The standard InChI is InChI=1S/C22H27ClN2O2/c1-16-12-14-25(15-13-16)19-8-6-18(7-9-19)24-21(26)22(2,3)27-20-10-4-17(23)5-11-20/h4-11,16H,12-15H2,1-3H3,(H,24,26). The van der Waals surface area contributed by atoms with Crippen LogP contribution in [0.5, 0.6) is 5.75 Å². The molecule has 0 radical (unpaired) electrons. The lowest BCUT2D eigenvalue weighted by molar-refractivity contribution is -0.128. The minimum Gasteiger partial charge on any atom is -0.478 e. The van der Waals surface area contributed by atoms with Gasteiger partial charge in [0.2, 0.25) is 0 Å². The number of amides is 1. The number of benzene rings is 2. The Balaban J connectivity index is 1.60. The normalized spacial score (nSPS) is 15.5. The van der Waals surface area contributed by atoms with Crippen LogP contribution in [-0.2, 0) is 4.79 Å². The molecule has 27 heavy (non-hydrogen) atoms. The van der Waals surface area contributed by atoms with E-state index in [0.29, 0.717) is 10.8 Å². The van der Waals surface area contributed by atoms with E-state index in [4.69, 9.17) is 16.3 Å². The fourth-order valence-corrected chi connectivity index (χ4v) is 3.27. The van der Waals surface area contributed by atoms with Crippen molar-refractivity contribution < 1.29 is 9.53 Å². The number of carbonyl (C=O) groups excluding carboxylic acids is 1. The number of anilines is 2. The van der Waals surface area contributed by atoms with Crippen molar-refractivity contribution in [2.75, 3.05) is 23.3 Å². The maximum absolute atomic E-state index is 12.7. The second-order valence-corrected chi connectivity index (χ2v) is 8.17. The second-order valence-electron chi connectivity index (χ2n) is 7.74. The first-order valence-corrected chi connectivity index (χ1v) is 9.82. The van der Waals surface area contributed by atoms with Crippen LogP contribution in [-0.4, -0.2) is 24.6 Å². The van der Waals surface area contributed by atoms with Gasteiger partial charge in [-0.3, -0.25) is 4.79 Å². The van der Waals surface area contributed by atoms with Gasteiger partial charge in [-0.1, -0.05) is 18.5 Å². The highest BCUT2D eigenvalue weighted by atomic mass is 35.5. The highest BCUT2D eigenvalue weighted by Crippen LogP contribution is 2.25. The highest BCUT2D eigenvalue weighted by molar-refractivity contribution is 6.30. The molecule has 5 heteroatoms. The van der Waals surface area contributed by atoms with Crippen LogP contribution in [0.15, 0.2) is 48.5 Å². The van der Waals surface area contributed by atoms with Gasteiger partial charge < -0.3 is 15.0 Å². The molecule has 2 aromatic rings. The molecule has 1 N–H and O–H groups in total. The van der Waals surface area contributed by atoms with Gasteiger partial charge in [-0.05, 0) is 81.1 Å². The predicted octanol–water partition coefficient (Wildman–Crippen LogP) is 5.37. The van der Waals surface area contributed by atoms with E-state index in [2.05, 4.69) is 29.3 Å². The number of carbonyl (C=O) groups is 1. The Bertz CT molecular complexity index is 764. The Hall–Kier alpha value is -2.20. The van der Waals surface area contributed by atoms with E-state index in [1.165, 1.54) is 18.5 Å². The number of halogens is 1. The molecule has 2 aromatic carbocycles. The molecule has 1 saturated heterocycles. The quantitative estimate of drug-likeness (QED) is 0.750. The lowest BCUT2D eigenvalue weighted by atomic mass is 9.99. The van der Waals surface area contributed by atoms with Gasteiger partial charge >= 0.3 is 0 Å². The number of hydrogen-bond donors (Lipinski definition) is 1.